The summed E-state index contributed by atoms with van der Waals surface area (Å²) in [7, 11) is 0. The quantitative estimate of drug-likeness (QED) is 0.835. The van der Waals surface area contributed by atoms with Crippen molar-refractivity contribution in [3.05, 3.63) is 35.1 Å². The Hall–Kier alpha value is -1.58. The van der Waals surface area contributed by atoms with Crippen LogP contribution in [-0.4, -0.2) is 25.6 Å². The number of guanidine groups is 1. The fraction of sp³-hybridized carbons (Fsp3) is 0.462. The Morgan fingerprint density at radius 2 is 2.35 bits per heavy atom. The van der Waals surface area contributed by atoms with E-state index in [4.69, 9.17) is 0 Å². The summed E-state index contributed by atoms with van der Waals surface area (Å²) in [4.78, 5) is 4.33. The van der Waals surface area contributed by atoms with Gasteiger partial charge in [0.15, 0.2) is 5.96 Å². The van der Waals surface area contributed by atoms with Crippen molar-refractivity contribution in [1.82, 2.24) is 10.6 Å². The number of halogens is 1. The summed E-state index contributed by atoms with van der Waals surface area (Å²) < 4.78 is 12.9. The highest BCUT2D eigenvalue weighted by Crippen LogP contribution is 2.10. The van der Waals surface area contributed by atoms with Gasteiger partial charge in [0.2, 0.25) is 0 Å². The topological polar surface area (TPSA) is 36.4 Å². The standard InChI is InChI=1S/C13H18FN3/c1-10-9-12(14)4-3-11(10)5-8-17-13-15-6-2-7-16-13/h3-4,9H,2,5-8H2,1H3,(H2,15,16,17). The van der Waals surface area contributed by atoms with Crippen LogP contribution in [0.4, 0.5) is 4.39 Å². The number of hydrogen-bond donors (Lipinski definition) is 2. The van der Waals surface area contributed by atoms with Gasteiger partial charge in [-0.3, -0.25) is 4.99 Å². The van der Waals surface area contributed by atoms with Crippen LogP contribution in [0.25, 0.3) is 0 Å². The van der Waals surface area contributed by atoms with E-state index < -0.39 is 0 Å². The molecule has 1 aliphatic heterocycles. The van der Waals surface area contributed by atoms with Gasteiger partial charge in [-0.2, -0.15) is 0 Å². The summed E-state index contributed by atoms with van der Waals surface area (Å²) in [5.41, 5.74) is 2.18. The molecule has 17 heavy (non-hydrogen) atoms. The molecule has 0 atom stereocenters. The van der Waals surface area contributed by atoms with Gasteiger partial charge in [0.1, 0.15) is 5.82 Å². The molecule has 0 aromatic heterocycles. The average Bonchev–Trinajstić information content (AvgIpc) is 2.33. The Morgan fingerprint density at radius 1 is 1.47 bits per heavy atom. The molecule has 1 aliphatic rings. The van der Waals surface area contributed by atoms with Crippen LogP contribution in [0.2, 0.25) is 0 Å². The zero-order valence-corrected chi connectivity index (χ0v) is 10.1. The largest absolute Gasteiger partial charge is 0.356 e. The number of nitrogens with zero attached hydrogens (tertiary/aromatic N) is 1. The van der Waals surface area contributed by atoms with E-state index in [1.54, 1.807) is 6.07 Å². The van der Waals surface area contributed by atoms with E-state index in [0.29, 0.717) is 0 Å². The van der Waals surface area contributed by atoms with Crippen molar-refractivity contribution in [2.75, 3.05) is 19.6 Å². The van der Waals surface area contributed by atoms with Crippen molar-refractivity contribution in [2.24, 2.45) is 4.99 Å². The molecule has 1 aromatic rings. The Kier molecular flexibility index (Phi) is 3.96. The second-order valence-electron chi connectivity index (χ2n) is 4.26. The van der Waals surface area contributed by atoms with Crippen LogP contribution in [0.5, 0.6) is 0 Å². The molecule has 0 saturated heterocycles. The van der Waals surface area contributed by atoms with Gasteiger partial charge in [0.25, 0.3) is 0 Å². The summed E-state index contributed by atoms with van der Waals surface area (Å²) in [5, 5.41) is 6.47. The first-order valence-corrected chi connectivity index (χ1v) is 6.03. The Bertz CT molecular complexity index is 415. The lowest BCUT2D eigenvalue weighted by atomic mass is 10.1. The molecule has 0 fully saturated rings. The van der Waals surface area contributed by atoms with Gasteiger partial charge >= 0.3 is 0 Å². The molecule has 1 heterocycles. The number of hydrogen-bond acceptors (Lipinski definition) is 3. The highest BCUT2D eigenvalue weighted by Gasteiger charge is 2.04. The first-order chi connectivity index (χ1) is 8.25. The molecule has 0 amide bonds. The van der Waals surface area contributed by atoms with Crippen LogP contribution in [0, 0.1) is 12.7 Å². The van der Waals surface area contributed by atoms with Gasteiger partial charge in [-0.1, -0.05) is 6.07 Å². The van der Waals surface area contributed by atoms with Crippen molar-refractivity contribution in [3.63, 3.8) is 0 Å². The maximum absolute atomic E-state index is 12.9. The van der Waals surface area contributed by atoms with Gasteiger partial charge in [-0.15, -0.1) is 0 Å². The maximum atomic E-state index is 12.9. The minimum atomic E-state index is -0.169. The normalized spacial score (nSPS) is 15.1. The van der Waals surface area contributed by atoms with E-state index in [1.165, 1.54) is 11.6 Å². The summed E-state index contributed by atoms with van der Waals surface area (Å²) in [5.74, 6) is 0.716. The van der Waals surface area contributed by atoms with E-state index in [2.05, 4.69) is 15.6 Å². The fourth-order valence-corrected chi connectivity index (χ4v) is 1.91. The van der Waals surface area contributed by atoms with Crippen LogP contribution in [0.3, 0.4) is 0 Å². The fourth-order valence-electron chi connectivity index (χ4n) is 1.91. The molecule has 0 unspecified atom stereocenters. The highest BCUT2D eigenvalue weighted by atomic mass is 19.1. The number of aryl methyl sites for hydroxylation is 1. The van der Waals surface area contributed by atoms with E-state index in [9.17, 15) is 4.39 Å². The van der Waals surface area contributed by atoms with Crippen LogP contribution in [0.1, 0.15) is 17.5 Å². The first kappa shape index (κ1) is 11.9. The molecule has 1 aromatic carbocycles. The predicted molar refractivity (Wildman–Crippen MR) is 67.8 cm³/mol. The lowest BCUT2D eigenvalue weighted by molar-refractivity contribution is 0.625. The molecule has 2 N–H and O–H groups in total. The van der Waals surface area contributed by atoms with Crippen molar-refractivity contribution in [2.45, 2.75) is 19.8 Å². The van der Waals surface area contributed by atoms with Gasteiger partial charge < -0.3 is 10.6 Å². The lowest BCUT2D eigenvalue weighted by Crippen LogP contribution is -2.41. The molecule has 4 heteroatoms. The summed E-state index contributed by atoms with van der Waals surface area (Å²) >= 11 is 0. The summed E-state index contributed by atoms with van der Waals surface area (Å²) in [6, 6.07) is 4.94. The molecule has 0 saturated carbocycles. The zero-order chi connectivity index (χ0) is 12.1. The second kappa shape index (κ2) is 5.66. The van der Waals surface area contributed by atoms with E-state index in [0.717, 1.165) is 44.0 Å². The number of aliphatic imine (C=N–C) groups is 1. The SMILES string of the molecule is Cc1cc(F)ccc1CCNC1=NCCCN1. The molecule has 2 rings (SSSR count). The van der Waals surface area contributed by atoms with Crippen molar-refractivity contribution in [1.29, 1.82) is 0 Å². The predicted octanol–water partition coefficient (Wildman–Crippen LogP) is 1.62. The third kappa shape index (κ3) is 3.44. The monoisotopic (exact) mass is 235 g/mol. The first-order valence-electron chi connectivity index (χ1n) is 6.03. The number of rotatable bonds is 3. The highest BCUT2D eigenvalue weighted by molar-refractivity contribution is 5.80. The number of nitrogens with one attached hydrogen (secondary N) is 2. The maximum Gasteiger partial charge on any atom is 0.191 e. The van der Waals surface area contributed by atoms with Gasteiger partial charge in [0, 0.05) is 19.6 Å². The average molecular weight is 235 g/mol. The number of benzene rings is 1. The molecule has 92 valence electrons. The van der Waals surface area contributed by atoms with Crippen LogP contribution < -0.4 is 10.6 Å². The van der Waals surface area contributed by atoms with Gasteiger partial charge in [-0.05, 0) is 43.0 Å². The molecular weight excluding hydrogens is 217 g/mol. The lowest BCUT2D eigenvalue weighted by Gasteiger charge is -2.16. The molecular formula is C13H18FN3. The molecule has 3 nitrogen and oxygen atoms in total. The van der Waals surface area contributed by atoms with Crippen molar-refractivity contribution in [3.8, 4) is 0 Å². The molecule has 0 aliphatic carbocycles. The Morgan fingerprint density at radius 3 is 3.06 bits per heavy atom. The van der Waals surface area contributed by atoms with E-state index in [-0.39, 0.29) is 5.82 Å². The smallest absolute Gasteiger partial charge is 0.191 e. The minimum Gasteiger partial charge on any atom is -0.356 e. The van der Waals surface area contributed by atoms with Crippen LogP contribution >= 0.6 is 0 Å². The summed E-state index contributed by atoms with van der Waals surface area (Å²) in [6.07, 6.45) is 1.98. The zero-order valence-electron chi connectivity index (χ0n) is 10.1. The second-order valence-corrected chi connectivity index (χ2v) is 4.26. The molecule has 0 radical (unpaired) electrons. The van der Waals surface area contributed by atoms with Crippen LogP contribution in [0.15, 0.2) is 23.2 Å². The van der Waals surface area contributed by atoms with Crippen molar-refractivity contribution >= 4 is 5.96 Å². The Labute approximate surface area is 101 Å². The van der Waals surface area contributed by atoms with Gasteiger partial charge in [-0.25, -0.2) is 4.39 Å². The van der Waals surface area contributed by atoms with Gasteiger partial charge in [0.05, 0.1) is 0 Å². The minimum absolute atomic E-state index is 0.169. The van der Waals surface area contributed by atoms with E-state index >= 15 is 0 Å². The van der Waals surface area contributed by atoms with E-state index in [1.807, 2.05) is 13.0 Å². The molecule has 0 bridgehead atoms. The Balaban J connectivity index is 1.83. The van der Waals surface area contributed by atoms with Crippen LogP contribution in [-0.2, 0) is 6.42 Å². The third-order valence-electron chi connectivity index (χ3n) is 2.89. The summed E-state index contributed by atoms with van der Waals surface area (Å²) in [6.45, 7) is 4.64. The third-order valence-corrected chi connectivity index (χ3v) is 2.89. The van der Waals surface area contributed by atoms with Crippen molar-refractivity contribution < 1.29 is 4.39 Å². The molecule has 0 spiro atoms.